The topological polar surface area (TPSA) is 32.3 Å². The summed E-state index contributed by atoms with van der Waals surface area (Å²) in [5.41, 5.74) is 2.91. The molecule has 0 heterocycles. The molecule has 1 unspecified atom stereocenters. The first kappa shape index (κ1) is 11.2. The molecule has 0 amide bonds. The molecule has 1 aromatic carbocycles. The van der Waals surface area contributed by atoms with Crippen molar-refractivity contribution in [1.29, 1.82) is 0 Å². The Bertz CT molecular complexity index is 417. The number of aliphatic hydroxyl groups excluding tert-OH is 1. The number of fused-ring (bicyclic) bond motifs is 3. The highest BCUT2D eigenvalue weighted by molar-refractivity contribution is 5.38. The average Bonchev–Trinajstić information content (AvgIpc) is 2.38. The molecule has 2 nitrogen and oxygen atoms in total. The molecule has 1 aromatic rings. The molecule has 0 saturated heterocycles. The van der Waals surface area contributed by atoms with Gasteiger partial charge in [-0.15, -0.1) is 0 Å². The lowest BCUT2D eigenvalue weighted by Crippen LogP contribution is -2.54. The smallest absolute Gasteiger partial charge is 0.0561 e. The highest BCUT2D eigenvalue weighted by Crippen LogP contribution is 2.47. The molecule has 0 spiro atoms. The van der Waals surface area contributed by atoms with Crippen LogP contribution >= 0.6 is 0 Å². The van der Waals surface area contributed by atoms with Gasteiger partial charge in [-0.2, -0.15) is 0 Å². The third kappa shape index (κ3) is 1.62. The fourth-order valence-corrected chi connectivity index (χ4v) is 3.95. The van der Waals surface area contributed by atoms with Crippen LogP contribution in [0, 0.1) is 5.92 Å². The predicted molar refractivity (Wildman–Crippen MR) is 68.8 cm³/mol. The van der Waals surface area contributed by atoms with Gasteiger partial charge >= 0.3 is 0 Å². The van der Waals surface area contributed by atoms with E-state index in [0.717, 1.165) is 19.3 Å². The molecule has 1 saturated carbocycles. The number of aryl methyl sites for hydroxylation is 1. The fraction of sp³-hybridized carbons (Fsp3) is 0.600. The lowest BCUT2D eigenvalue weighted by atomic mass is 9.62. The van der Waals surface area contributed by atoms with E-state index in [9.17, 15) is 5.11 Å². The monoisotopic (exact) mass is 231 g/mol. The Morgan fingerprint density at radius 2 is 2.06 bits per heavy atom. The van der Waals surface area contributed by atoms with Gasteiger partial charge in [-0.3, -0.25) is 0 Å². The minimum Gasteiger partial charge on any atom is -0.393 e. The molecule has 2 aliphatic carbocycles. The van der Waals surface area contributed by atoms with Crippen LogP contribution < -0.4 is 5.32 Å². The van der Waals surface area contributed by atoms with Gasteiger partial charge in [0.05, 0.1) is 6.10 Å². The van der Waals surface area contributed by atoms with Crippen molar-refractivity contribution in [2.24, 2.45) is 5.92 Å². The van der Waals surface area contributed by atoms with Gasteiger partial charge in [0.1, 0.15) is 0 Å². The Balaban J connectivity index is 2.09. The molecule has 0 bridgehead atoms. The Labute approximate surface area is 103 Å². The minimum absolute atomic E-state index is 0.0203. The van der Waals surface area contributed by atoms with Crippen LogP contribution in [0.2, 0.25) is 0 Å². The summed E-state index contributed by atoms with van der Waals surface area (Å²) in [6, 6.07) is 8.74. The molecular weight excluding hydrogens is 210 g/mol. The van der Waals surface area contributed by atoms with Gasteiger partial charge < -0.3 is 10.4 Å². The lowest BCUT2D eigenvalue weighted by Gasteiger charge is -2.50. The van der Waals surface area contributed by atoms with Crippen molar-refractivity contribution >= 4 is 0 Å². The first-order valence-corrected chi connectivity index (χ1v) is 6.71. The van der Waals surface area contributed by atoms with Gasteiger partial charge in [-0.25, -0.2) is 0 Å². The molecule has 0 aromatic heterocycles. The summed E-state index contributed by atoms with van der Waals surface area (Å²) in [6.07, 6.45) is 5.28. The van der Waals surface area contributed by atoms with E-state index in [4.69, 9.17) is 0 Å². The number of hydrogen-bond acceptors (Lipinski definition) is 2. The molecule has 0 radical (unpaired) electrons. The van der Waals surface area contributed by atoms with Crippen LogP contribution in [0.15, 0.2) is 24.3 Å². The summed E-state index contributed by atoms with van der Waals surface area (Å²) >= 11 is 0. The van der Waals surface area contributed by atoms with E-state index < -0.39 is 0 Å². The SMILES string of the molecule is CN[C@]12CC(O)CC[C@H]1CCc1ccccc12. The molecule has 2 aliphatic rings. The zero-order valence-corrected chi connectivity index (χ0v) is 10.4. The van der Waals surface area contributed by atoms with E-state index in [1.54, 1.807) is 0 Å². The number of hydrogen-bond donors (Lipinski definition) is 2. The summed E-state index contributed by atoms with van der Waals surface area (Å²) in [5.74, 6) is 0.686. The quantitative estimate of drug-likeness (QED) is 0.776. The predicted octanol–water partition coefficient (Wildman–Crippen LogP) is 2.21. The first-order chi connectivity index (χ1) is 8.26. The van der Waals surface area contributed by atoms with E-state index in [2.05, 4.69) is 29.6 Å². The molecule has 3 atom stereocenters. The van der Waals surface area contributed by atoms with Gasteiger partial charge in [0, 0.05) is 5.54 Å². The number of aliphatic hydroxyl groups is 1. The Morgan fingerprint density at radius 1 is 1.24 bits per heavy atom. The van der Waals surface area contributed by atoms with Crippen molar-refractivity contribution in [2.75, 3.05) is 7.05 Å². The van der Waals surface area contributed by atoms with Crippen LogP contribution in [0.1, 0.15) is 36.8 Å². The maximum Gasteiger partial charge on any atom is 0.0561 e. The zero-order chi connectivity index (χ0) is 11.9. The van der Waals surface area contributed by atoms with Crippen molar-refractivity contribution in [2.45, 2.75) is 43.7 Å². The molecule has 2 N–H and O–H groups in total. The summed E-state index contributed by atoms with van der Waals surface area (Å²) in [6.45, 7) is 0. The van der Waals surface area contributed by atoms with Crippen LogP contribution in [-0.4, -0.2) is 18.3 Å². The van der Waals surface area contributed by atoms with E-state index in [0.29, 0.717) is 5.92 Å². The standard InChI is InChI=1S/C15H21NO/c1-16-15-10-13(17)9-8-12(15)7-6-11-4-2-3-5-14(11)15/h2-5,12-13,16-17H,6-10H2,1H3/t12-,13?,15-/m1/s1. The van der Waals surface area contributed by atoms with Crippen molar-refractivity contribution in [3.8, 4) is 0 Å². The summed E-state index contributed by atoms with van der Waals surface area (Å²) in [5, 5.41) is 13.6. The van der Waals surface area contributed by atoms with E-state index in [1.165, 1.54) is 24.0 Å². The first-order valence-electron chi connectivity index (χ1n) is 6.71. The van der Waals surface area contributed by atoms with Crippen LogP contribution in [0.4, 0.5) is 0 Å². The second-order valence-electron chi connectivity index (χ2n) is 5.55. The van der Waals surface area contributed by atoms with E-state index in [1.807, 2.05) is 7.05 Å². The Kier molecular flexibility index (Phi) is 2.72. The number of nitrogens with one attached hydrogen (secondary N) is 1. The third-order valence-corrected chi connectivity index (χ3v) is 4.81. The highest BCUT2D eigenvalue weighted by Gasteiger charge is 2.46. The summed E-state index contributed by atoms with van der Waals surface area (Å²) in [7, 11) is 2.05. The summed E-state index contributed by atoms with van der Waals surface area (Å²) < 4.78 is 0. The molecule has 0 aliphatic heterocycles. The van der Waals surface area contributed by atoms with Crippen LogP contribution in [-0.2, 0) is 12.0 Å². The second-order valence-corrected chi connectivity index (χ2v) is 5.55. The van der Waals surface area contributed by atoms with Gasteiger partial charge in [0.25, 0.3) is 0 Å². The molecule has 92 valence electrons. The fourth-order valence-electron chi connectivity index (χ4n) is 3.95. The summed E-state index contributed by atoms with van der Waals surface area (Å²) in [4.78, 5) is 0. The second kappa shape index (κ2) is 4.11. The Morgan fingerprint density at radius 3 is 2.88 bits per heavy atom. The third-order valence-electron chi connectivity index (χ3n) is 4.81. The van der Waals surface area contributed by atoms with Crippen LogP contribution in [0.25, 0.3) is 0 Å². The van der Waals surface area contributed by atoms with Gasteiger partial charge in [-0.05, 0) is 56.2 Å². The molecule has 3 rings (SSSR count). The van der Waals surface area contributed by atoms with Crippen LogP contribution in [0.3, 0.4) is 0 Å². The average molecular weight is 231 g/mol. The van der Waals surface area contributed by atoms with Crippen LogP contribution in [0.5, 0.6) is 0 Å². The molecular formula is C15H21NO. The Hall–Kier alpha value is -0.860. The number of benzene rings is 1. The lowest BCUT2D eigenvalue weighted by molar-refractivity contribution is 0.0242. The maximum atomic E-state index is 10.0. The number of rotatable bonds is 1. The van der Waals surface area contributed by atoms with E-state index >= 15 is 0 Å². The maximum absolute atomic E-state index is 10.0. The molecule has 17 heavy (non-hydrogen) atoms. The minimum atomic E-state index is -0.148. The van der Waals surface area contributed by atoms with Crippen molar-refractivity contribution < 1.29 is 5.11 Å². The normalized spacial score (nSPS) is 36.1. The molecule has 1 fully saturated rings. The largest absolute Gasteiger partial charge is 0.393 e. The van der Waals surface area contributed by atoms with Gasteiger partial charge in [-0.1, -0.05) is 24.3 Å². The van der Waals surface area contributed by atoms with Crippen molar-refractivity contribution in [3.05, 3.63) is 35.4 Å². The van der Waals surface area contributed by atoms with E-state index in [-0.39, 0.29) is 11.6 Å². The molecule has 2 heteroatoms. The van der Waals surface area contributed by atoms with Crippen molar-refractivity contribution in [3.63, 3.8) is 0 Å². The highest BCUT2D eigenvalue weighted by atomic mass is 16.3. The zero-order valence-electron chi connectivity index (χ0n) is 10.4. The van der Waals surface area contributed by atoms with Gasteiger partial charge in [0.2, 0.25) is 0 Å². The van der Waals surface area contributed by atoms with Crippen molar-refractivity contribution in [1.82, 2.24) is 5.32 Å². The van der Waals surface area contributed by atoms with Gasteiger partial charge in [0.15, 0.2) is 0 Å².